The molecule has 1 atom stereocenters. The highest BCUT2D eigenvalue weighted by molar-refractivity contribution is 5.95. The molecular weight excluding hydrogens is 342 g/mol. The predicted molar refractivity (Wildman–Crippen MR) is 99.3 cm³/mol. The number of benzene rings is 1. The first-order valence-corrected chi connectivity index (χ1v) is 9.03. The van der Waals surface area contributed by atoms with Gasteiger partial charge in [0.05, 0.1) is 6.10 Å². The van der Waals surface area contributed by atoms with Gasteiger partial charge < -0.3 is 10.4 Å². The first-order valence-electron chi connectivity index (χ1n) is 9.03. The van der Waals surface area contributed by atoms with E-state index in [1.165, 1.54) is 0 Å². The second-order valence-electron chi connectivity index (χ2n) is 6.91. The topological polar surface area (TPSA) is 92.9 Å². The molecule has 27 heavy (non-hydrogen) atoms. The number of nitrogens with one attached hydrogen (secondary N) is 1. The Morgan fingerprint density at radius 3 is 2.70 bits per heavy atom. The lowest BCUT2D eigenvalue weighted by Gasteiger charge is -2.38. The van der Waals surface area contributed by atoms with Gasteiger partial charge in [-0.2, -0.15) is 0 Å². The molecule has 4 rings (SSSR count). The standard InChI is InChI=1S/C20H21N5O2/c26-18-9-15(10-18)19(11-16-5-1-2-7-21-16)24-20(27)14-4-3-6-17(8-14)25-12-22-23-13-25/h1-8,12-13,15,18-19,26H,9-11H2,(H,24,27)/t15?,18?,19-/m0/s1. The van der Waals surface area contributed by atoms with Gasteiger partial charge in [0.1, 0.15) is 12.7 Å². The third-order valence-electron chi connectivity index (χ3n) is 5.02. The largest absolute Gasteiger partial charge is 0.393 e. The number of aliphatic hydroxyl groups excluding tert-OH is 1. The summed E-state index contributed by atoms with van der Waals surface area (Å²) in [5.74, 6) is 0.124. The smallest absolute Gasteiger partial charge is 0.251 e. The van der Waals surface area contributed by atoms with Gasteiger partial charge in [0, 0.05) is 35.6 Å². The number of hydrogen-bond acceptors (Lipinski definition) is 5. The number of carbonyl (C=O) groups is 1. The average Bonchev–Trinajstić information content (AvgIpc) is 3.21. The zero-order valence-electron chi connectivity index (χ0n) is 14.8. The molecule has 1 fully saturated rings. The van der Waals surface area contributed by atoms with Crippen LogP contribution in [0.4, 0.5) is 0 Å². The Morgan fingerprint density at radius 1 is 1.19 bits per heavy atom. The Balaban J connectivity index is 1.50. The number of hydrogen-bond donors (Lipinski definition) is 2. The number of carbonyl (C=O) groups excluding carboxylic acids is 1. The van der Waals surface area contributed by atoms with Gasteiger partial charge in [-0.1, -0.05) is 12.1 Å². The summed E-state index contributed by atoms with van der Waals surface area (Å²) in [5.41, 5.74) is 2.34. The fourth-order valence-electron chi connectivity index (χ4n) is 3.43. The summed E-state index contributed by atoms with van der Waals surface area (Å²) in [5, 5.41) is 20.4. The van der Waals surface area contributed by atoms with Crippen LogP contribution in [0, 0.1) is 5.92 Å². The van der Waals surface area contributed by atoms with Crippen molar-refractivity contribution in [3.8, 4) is 5.69 Å². The second kappa shape index (κ2) is 7.67. The third-order valence-corrected chi connectivity index (χ3v) is 5.02. The monoisotopic (exact) mass is 363 g/mol. The maximum absolute atomic E-state index is 12.9. The van der Waals surface area contributed by atoms with Crippen molar-refractivity contribution in [2.75, 3.05) is 0 Å². The summed E-state index contributed by atoms with van der Waals surface area (Å²) in [4.78, 5) is 17.2. The molecule has 1 aliphatic carbocycles. The molecule has 1 amide bonds. The van der Waals surface area contributed by atoms with Gasteiger partial charge in [0.15, 0.2) is 0 Å². The highest BCUT2D eigenvalue weighted by atomic mass is 16.3. The van der Waals surface area contributed by atoms with Gasteiger partial charge in [-0.15, -0.1) is 10.2 Å². The number of pyridine rings is 1. The number of aromatic nitrogens is 4. The number of nitrogens with zero attached hydrogens (tertiary/aromatic N) is 4. The van der Waals surface area contributed by atoms with Crippen molar-refractivity contribution in [2.45, 2.75) is 31.4 Å². The van der Waals surface area contributed by atoms with E-state index in [-0.39, 0.29) is 24.0 Å². The van der Waals surface area contributed by atoms with E-state index in [1.807, 2.05) is 36.4 Å². The molecule has 0 bridgehead atoms. The lowest BCUT2D eigenvalue weighted by molar-refractivity contribution is 0.0238. The molecule has 2 N–H and O–H groups in total. The third kappa shape index (κ3) is 4.03. The van der Waals surface area contributed by atoms with Crippen LogP contribution in [0.5, 0.6) is 0 Å². The van der Waals surface area contributed by atoms with E-state index in [0.717, 1.165) is 11.4 Å². The van der Waals surface area contributed by atoms with Crippen LogP contribution in [0.2, 0.25) is 0 Å². The summed E-state index contributed by atoms with van der Waals surface area (Å²) in [6.07, 6.45) is 6.74. The van der Waals surface area contributed by atoms with Crippen molar-refractivity contribution in [1.29, 1.82) is 0 Å². The SMILES string of the molecule is O=C(N[C@@H](Cc1ccccn1)C1CC(O)C1)c1cccc(-n2cnnc2)c1. The van der Waals surface area contributed by atoms with Crippen LogP contribution in [0.3, 0.4) is 0 Å². The summed E-state index contributed by atoms with van der Waals surface area (Å²) in [7, 11) is 0. The molecule has 0 saturated heterocycles. The van der Waals surface area contributed by atoms with Crippen LogP contribution in [-0.2, 0) is 6.42 Å². The molecule has 3 aromatic rings. The van der Waals surface area contributed by atoms with E-state index < -0.39 is 0 Å². The maximum Gasteiger partial charge on any atom is 0.251 e. The average molecular weight is 363 g/mol. The zero-order valence-corrected chi connectivity index (χ0v) is 14.8. The zero-order chi connectivity index (χ0) is 18.6. The summed E-state index contributed by atoms with van der Waals surface area (Å²) >= 11 is 0. The molecule has 2 heterocycles. The molecule has 7 heteroatoms. The van der Waals surface area contributed by atoms with Crippen molar-refractivity contribution >= 4 is 5.91 Å². The first-order chi connectivity index (χ1) is 13.2. The van der Waals surface area contributed by atoms with Crippen molar-refractivity contribution < 1.29 is 9.90 Å². The molecule has 1 aliphatic rings. The van der Waals surface area contributed by atoms with Gasteiger partial charge in [-0.3, -0.25) is 14.3 Å². The summed E-state index contributed by atoms with van der Waals surface area (Å²) < 4.78 is 1.75. The normalized spacial score (nSPS) is 19.9. The van der Waals surface area contributed by atoms with Crippen molar-refractivity contribution in [3.05, 3.63) is 72.6 Å². The Morgan fingerprint density at radius 2 is 2.00 bits per heavy atom. The van der Waals surface area contributed by atoms with E-state index >= 15 is 0 Å². The highest BCUT2D eigenvalue weighted by Crippen LogP contribution is 2.31. The lowest BCUT2D eigenvalue weighted by Crippen LogP contribution is -2.48. The van der Waals surface area contributed by atoms with E-state index in [1.54, 1.807) is 29.5 Å². The molecule has 1 saturated carbocycles. The van der Waals surface area contributed by atoms with E-state index in [0.29, 0.717) is 24.8 Å². The number of rotatable bonds is 6. The number of aliphatic hydroxyl groups is 1. The molecule has 0 spiro atoms. The van der Waals surface area contributed by atoms with Crippen molar-refractivity contribution in [1.82, 2.24) is 25.1 Å². The van der Waals surface area contributed by atoms with Gasteiger partial charge in [0.25, 0.3) is 5.91 Å². The first kappa shape index (κ1) is 17.4. The molecule has 0 radical (unpaired) electrons. The number of amides is 1. The van der Waals surface area contributed by atoms with E-state index in [9.17, 15) is 9.90 Å². The van der Waals surface area contributed by atoms with E-state index in [2.05, 4.69) is 20.5 Å². The Kier molecular flexibility index (Phi) is 4.93. The second-order valence-corrected chi connectivity index (χ2v) is 6.91. The highest BCUT2D eigenvalue weighted by Gasteiger charge is 2.35. The van der Waals surface area contributed by atoms with Crippen LogP contribution >= 0.6 is 0 Å². The Bertz CT molecular complexity index is 892. The molecule has 0 aliphatic heterocycles. The van der Waals surface area contributed by atoms with Crippen LogP contribution < -0.4 is 5.32 Å². The lowest BCUT2D eigenvalue weighted by atomic mass is 9.76. The minimum absolute atomic E-state index is 0.0608. The molecule has 1 aromatic carbocycles. The van der Waals surface area contributed by atoms with Crippen LogP contribution in [0.1, 0.15) is 28.9 Å². The van der Waals surface area contributed by atoms with Gasteiger partial charge in [0.2, 0.25) is 0 Å². The van der Waals surface area contributed by atoms with E-state index in [4.69, 9.17) is 0 Å². The molecular formula is C20H21N5O2. The fourth-order valence-corrected chi connectivity index (χ4v) is 3.43. The van der Waals surface area contributed by atoms with Gasteiger partial charge in [-0.25, -0.2) is 0 Å². The van der Waals surface area contributed by atoms with Crippen molar-refractivity contribution in [2.24, 2.45) is 5.92 Å². The minimum atomic E-state index is -0.268. The molecule has 138 valence electrons. The summed E-state index contributed by atoms with van der Waals surface area (Å²) in [6, 6.07) is 13.1. The molecule has 0 unspecified atom stereocenters. The Hall–Kier alpha value is -3.06. The van der Waals surface area contributed by atoms with Crippen LogP contribution in [0.15, 0.2) is 61.3 Å². The molecule has 7 nitrogen and oxygen atoms in total. The minimum Gasteiger partial charge on any atom is -0.393 e. The maximum atomic E-state index is 12.9. The van der Waals surface area contributed by atoms with Gasteiger partial charge >= 0.3 is 0 Å². The van der Waals surface area contributed by atoms with Crippen LogP contribution in [-0.4, -0.2) is 42.9 Å². The quantitative estimate of drug-likeness (QED) is 0.696. The molecule has 2 aromatic heterocycles. The predicted octanol–water partition coefficient (Wildman–Crippen LogP) is 1.77. The summed E-state index contributed by atoms with van der Waals surface area (Å²) in [6.45, 7) is 0. The van der Waals surface area contributed by atoms with Crippen LogP contribution in [0.25, 0.3) is 5.69 Å². The van der Waals surface area contributed by atoms with Crippen molar-refractivity contribution in [3.63, 3.8) is 0 Å². The Labute approximate surface area is 157 Å². The fraction of sp³-hybridized carbons (Fsp3) is 0.300. The van der Waals surface area contributed by atoms with Gasteiger partial charge in [-0.05, 0) is 49.1 Å².